The summed E-state index contributed by atoms with van der Waals surface area (Å²) in [6, 6.07) is 15.0. The molecule has 3 rings (SSSR count). The highest BCUT2D eigenvalue weighted by Gasteiger charge is 2.12. The van der Waals surface area contributed by atoms with Gasteiger partial charge < -0.3 is 9.64 Å². The molecule has 7 heteroatoms. The highest BCUT2D eigenvalue weighted by molar-refractivity contribution is 7.19. The minimum absolute atomic E-state index is 0.311. The Bertz CT molecular complexity index is 839. The van der Waals surface area contributed by atoms with Crippen LogP contribution < -0.4 is 15.0 Å². The molecule has 1 N–H and O–H groups in total. The van der Waals surface area contributed by atoms with E-state index in [9.17, 15) is 9.18 Å². The van der Waals surface area contributed by atoms with E-state index in [1.54, 1.807) is 54.5 Å². The Labute approximate surface area is 142 Å². The van der Waals surface area contributed by atoms with Crippen LogP contribution in [0.2, 0.25) is 0 Å². The number of hydrogen-bond acceptors (Lipinski definition) is 5. The predicted octanol–water partition coefficient (Wildman–Crippen LogP) is 4.66. The number of para-hydroxylation sites is 1. The minimum atomic E-state index is -0.615. The van der Waals surface area contributed by atoms with E-state index in [2.05, 4.69) is 10.3 Å². The number of rotatable bonds is 4. The first kappa shape index (κ1) is 15.9. The van der Waals surface area contributed by atoms with Crippen LogP contribution in [0, 0.1) is 5.82 Å². The molecular formula is C17H14FN3O2S. The number of carbonyl (C=O) groups excluding carboxylic acids is 1. The molecular weight excluding hydrogens is 329 g/mol. The molecule has 5 nitrogen and oxygen atoms in total. The summed E-state index contributed by atoms with van der Waals surface area (Å²) < 4.78 is 18.5. The zero-order valence-electron chi connectivity index (χ0n) is 12.8. The van der Waals surface area contributed by atoms with E-state index in [1.165, 1.54) is 23.5 Å². The Kier molecular flexibility index (Phi) is 4.72. The molecule has 0 aliphatic heterocycles. The molecule has 1 amide bonds. The third-order valence-corrected chi connectivity index (χ3v) is 4.17. The van der Waals surface area contributed by atoms with Crippen LogP contribution in [0.25, 0.3) is 0 Å². The molecule has 2 aromatic carbocycles. The Morgan fingerprint density at radius 1 is 1.21 bits per heavy atom. The Balaban J connectivity index is 1.66. The normalized spacial score (nSPS) is 10.2. The van der Waals surface area contributed by atoms with Gasteiger partial charge in [0.2, 0.25) is 0 Å². The van der Waals surface area contributed by atoms with Gasteiger partial charge in [0.15, 0.2) is 5.13 Å². The van der Waals surface area contributed by atoms with Gasteiger partial charge >= 0.3 is 6.09 Å². The highest BCUT2D eigenvalue weighted by Crippen LogP contribution is 2.31. The molecule has 122 valence electrons. The first-order valence-corrected chi connectivity index (χ1v) is 7.92. The van der Waals surface area contributed by atoms with Crippen LogP contribution in [0.3, 0.4) is 0 Å². The van der Waals surface area contributed by atoms with E-state index >= 15 is 0 Å². The van der Waals surface area contributed by atoms with E-state index in [0.29, 0.717) is 16.6 Å². The molecule has 1 heterocycles. The number of thiazole rings is 1. The van der Waals surface area contributed by atoms with Crippen molar-refractivity contribution in [3.05, 3.63) is 66.6 Å². The molecule has 3 aromatic rings. The molecule has 0 aliphatic rings. The molecule has 0 atom stereocenters. The van der Waals surface area contributed by atoms with Gasteiger partial charge in [0.05, 0.1) is 6.20 Å². The lowest BCUT2D eigenvalue weighted by Gasteiger charge is -2.16. The number of amides is 1. The van der Waals surface area contributed by atoms with Crippen molar-refractivity contribution in [1.82, 2.24) is 4.98 Å². The van der Waals surface area contributed by atoms with Gasteiger partial charge in [-0.25, -0.2) is 14.2 Å². The number of aromatic nitrogens is 1. The second-order valence-electron chi connectivity index (χ2n) is 4.87. The molecule has 0 saturated heterocycles. The van der Waals surface area contributed by atoms with Crippen LogP contribution in [0.15, 0.2) is 60.8 Å². The van der Waals surface area contributed by atoms with Gasteiger partial charge in [0, 0.05) is 12.7 Å². The summed E-state index contributed by atoms with van der Waals surface area (Å²) in [5.74, 6) is 0.136. The molecule has 24 heavy (non-hydrogen) atoms. The van der Waals surface area contributed by atoms with Crippen molar-refractivity contribution in [2.45, 2.75) is 0 Å². The number of anilines is 3. The topological polar surface area (TPSA) is 54.5 Å². The molecule has 0 spiro atoms. The molecule has 1 aromatic heterocycles. The van der Waals surface area contributed by atoms with Crippen LogP contribution >= 0.6 is 11.3 Å². The largest absolute Gasteiger partial charge is 0.418 e. The summed E-state index contributed by atoms with van der Waals surface area (Å²) in [5, 5.41) is 3.73. The third-order valence-electron chi connectivity index (χ3n) is 3.18. The van der Waals surface area contributed by atoms with Crippen LogP contribution in [-0.4, -0.2) is 18.1 Å². The minimum Gasteiger partial charge on any atom is -0.410 e. The molecule has 0 radical (unpaired) electrons. The average Bonchev–Trinajstić information content (AvgIpc) is 3.03. The fourth-order valence-electron chi connectivity index (χ4n) is 2.00. The predicted molar refractivity (Wildman–Crippen MR) is 92.7 cm³/mol. The second kappa shape index (κ2) is 7.10. The van der Waals surface area contributed by atoms with Crippen molar-refractivity contribution in [3.8, 4) is 5.75 Å². The van der Waals surface area contributed by atoms with Crippen molar-refractivity contribution in [2.75, 3.05) is 17.3 Å². The fraction of sp³-hybridized carbons (Fsp3) is 0.0588. The van der Waals surface area contributed by atoms with Crippen molar-refractivity contribution >= 4 is 33.3 Å². The molecule has 0 bridgehead atoms. The number of benzene rings is 2. The van der Waals surface area contributed by atoms with E-state index in [1.807, 2.05) is 6.07 Å². The summed E-state index contributed by atoms with van der Waals surface area (Å²) in [7, 11) is 1.80. The number of halogens is 1. The second-order valence-corrected chi connectivity index (χ2v) is 5.88. The summed E-state index contributed by atoms with van der Waals surface area (Å²) in [6.45, 7) is 0. The lowest BCUT2D eigenvalue weighted by molar-refractivity contribution is 0.215. The van der Waals surface area contributed by atoms with Gasteiger partial charge in [-0.3, -0.25) is 5.32 Å². The zero-order valence-corrected chi connectivity index (χ0v) is 13.6. The van der Waals surface area contributed by atoms with Crippen LogP contribution in [0.1, 0.15) is 0 Å². The summed E-state index contributed by atoms with van der Waals surface area (Å²) in [5.41, 5.74) is 0.692. The lowest BCUT2D eigenvalue weighted by Crippen LogP contribution is -2.16. The van der Waals surface area contributed by atoms with Gasteiger partial charge in [-0.2, -0.15) is 0 Å². The summed E-state index contributed by atoms with van der Waals surface area (Å²) in [4.78, 5) is 17.8. The van der Waals surface area contributed by atoms with Crippen molar-refractivity contribution in [2.24, 2.45) is 0 Å². The quantitative estimate of drug-likeness (QED) is 0.748. The Hall–Kier alpha value is -2.93. The number of nitrogens with one attached hydrogen (secondary N) is 1. The van der Waals surface area contributed by atoms with Gasteiger partial charge in [0.1, 0.15) is 16.6 Å². The highest BCUT2D eigenvalue weighted by atomic mass is 32.1. The zero-order chi connectivity index (χ0) is 16.9. The first-order valence-electron chi connectivity index (χ1n) is 7.11. The third kappa shape index (κ3) is 3.88. The average molecular weight is 343 g/mol. The standard InChI is InChI=1S/C17H14FN3O2S/c1-21(13-7-5-6-12(18)10-13)15-11-19-16(24-15)20-17(22)23-14-8-3-2-4-9-14/h2-11H,1H3,(H,19,20,22). The maximum atomic E-state index is 13.3. The lowest BCUT2D eigenvalue weighted by atomic mass is 10.3. The van der Waals surface area contributed by atoms with E-state index in [4.69, 9.17) is 4.74 Å². The summed E-state index contributed by atoms with van der Waals surface area (Å²) >= 11 is 1.26. The van der Waals surface area contributed by atoms with Crippen LogP contribution in [-0.2, 0) is 0 Å². The number of carbonyl (C=O) groups is 1. The van der Waals surface area contributed by atoms with E-state index in [0.717, 1.165) is 5.00 Å². The molecule has 0 aliphatic carbocycles. The van der Waals surface area contributed by atoms with Gasteiger partial charge in [-0.15, -0.1) is 0 Å². The maximum Gasteiger partial charge on any atom is 0.418 e. The molecule has 0 saturated carbocycles. The smallest absolute Gasteiger partial charge is 0.410 e. The Morgan fingerprint density at radius 2 is 2.00 bits per heavy atom. The van der Waals surface area contributed by atoms with Gasteiger partial charge in [-0.1, -0.05) is 35.6 Å². The van der Waals surface area contributed by atoms with E-state index < -0.39 is 6.09 Å². The van der Waals surface area contributed by atoms with Gasteiger partial charge in [0.25, 0.3) is 0 Å². The summed E-state index contributed by atoms with van der Waals surface area (Å²) in [6.07, 6.45) is 0.990. The van der Waals surface area contributed by atoms with Crippen LogP contribution in [0.5, 0.6) is 5.75 Å². The monoisotopic (exact) mass is 343 g/mol. The molecule has 0 unspecified atom stereocenters. The van der Waals surface area contributed by atoms with Crippen molar-refractivity contribution < 1.29 is 13.9 Å². The Morgan fingerprint density at radius 3 is 2.75 bits per heavy atom. The first-order chi connectivity index (χ1) is 11.6. The molecule has 0 fully saturated rings. The fourth-order valence-corrected chi connectivity index (χ4v) is 2.78. The van der Waals surface area contributed by atoms with Crippen LogP contribution in [0.4, 0.5) is 25.0 Å². The van der Waals surface area contributed by atoms with Gasteiger partial charge in [-0.05, 0) is 30.3 Å². The van der Waals surface area contributed by atoms with Crippen molar-refractivity contribution in [1.29, 1.82) is 0 Å². The SMILES string of the molecule is CN(c1cccc(F)c1)c1cnc(NC(=O)Oc2ccccc2)s1. The number of ether oxygens (including phenoxy) is 1. The number of hydrogen-bond donors (Lipinski definition) is 1. The van der Waals surface area contributed by atoms with E-state index in [-0.39, 0.29) is 5.82 Å². The number of nitrogens with zero attached hydrogens (tertiary/aromatic N) is 2. The maximum absolute atomic E-state index is 13.3. The van der Waals surface area contributed by atoms with Crippen molar-refractivity contribution in [3.63, 3.8) is 0 Å².